The van der Waals surface area contributed by atoms with Crippen molar-refractivity contribution < 1.29 is 21.1 Å². The first-order chi connectivity index (χ1) is 19.2. The smallest absolute Gasteiger partial charge is 0.294 e. The SMILES string of the molecule is Cc1cc(C)n(-c2ccc3c4ccccc4n(-c4ccc5c6ccccc6n(-c6ccccc6)c5n4)c3c2)n1.[Pt+2]. The second kappa shape index (κ2) is 9.32. The van der Waals surface area contributed by atoms with E-state index in [1.165, 1.54) is 16.2 Å². The van der Waals surface area contributed by atoms with Gasteiger partial charge in [0.15, 0.2) is 0 Å². The Morgan fingerprint density at radius 1 is 0.525 bits per heavy atom. The zero-order chi connectivity index (χ0) is 26.1. The molecule has 0 fully saturated rings. The minimum Gasteiger partial charge on any atom is -0.294 e. The number of hydrogen-bond donors (Lipinski definition) is 0. The number of benzene rings is 4. The summed E-state index contributed by atoms with van der Waals surface area (Å²) in [6.45, 7) is 4.13. The van der Waals surface area contributed by atoms with Gasteiger partial charge in [-0.25, -0.2) is 9.67 Å². The molecule has 0 amide bonds. The number of aryl methyl sites for hydroxylation is 2. The first-order valence-corrected chi connectivity index (χ1v) is 13.2. The third-order valence-corrected chi connectivity index (χ3v) is 7.66. The normalized spacial score (nSPS) is 11.6. The molecule has 0 bridgehead atoms. The molecule has 0 aliphatic carbocycles. The van der Waals surface area contributed by atoms with Crippen LogP contribution in [-0.4, -0.2) is 23.9 Å². The fourth-order valence-electron chi connectivity index (χ4n) is 6.02. The quantitative estimate of drug-likeness (QED) is 0.187. The van der Waals surface area contributed by atoms with Crippen LogP contribution in [0.5, 0.6) is 0 Å². The summed E-state index contributed by atoms with van der Waals surface area (Å²) in [5.41, 5.74) is 8.59. The van der Waals surface area contributed by atoms with E-state index in [-0.39, 0.29) is 21.1 Å². The molecule has 4 aromatic carbocycles. The maximum atomic E-state index is 5.36. The van der Waals surface area contributed by atoms with Gasteiger partial charge in [0.1, 0.15) is 11.5 Å². The van der Waals surface area contributed by atoms with E-state index in [1.807, 2.05) is 11.6 Å². The van der Waals surface area contributed by atoms with E-state index >= 15 is 0 Å². The third-order valence-electron chi connectivity index (χ3n) is 7.66. The zero-order valence-electron chi connectivity index (χ0n) is 22.0. The number of nitrogens with zero attached hydrogens (tertiary/aromatic N) is 5. The average molecular weight is 699 g/mol. The van der Waals surface area contributed by atoms with Gasteiger partial charge in [-0.05, 0) is 68.4 Å². The van der Waals surface area contributed by atoms with Crippen molar-refractivity contribution in [3.8, 4) is 17.2 Å². The van der Waals surface area contributed by atoms with E-state index in [4.69, 9.17) is 10.1 Å². The molecule has 194 valence electrons. The molecule has 4 heterocycles. The molecule has 8 rings (SSSR count). The van der Waals surface area contributed by atoms with Gasteiger partial charge in [0.25, 0.3) is 0 Å². The molecule has 0 aliphatic heterocycles. The van der Waals surface area contributed by atoms with Crippen LogP contribution in [0.15, 0.2) is 115 Å². The summed E-state index contributed by atoms with van der Waals surface area (Å²) in [6, 6.07) is 40.7. The molecule has 0 spiro atoms. The van der Waals surface area contributed by atoms with Crippen LogP contribution in [0.4, 0.5) is 0 Å². The van der Waals surface area contributed by atoms with E-state index in [0.717, 1.165) is 56.2 Å². The Bertz CT molecular complexity index is 2200. The van der Waals surface area contributed by atoms with Gasteiger partial charge < -0.3 is 0 Å². The van der Waals surface area contributed by atoms with Crippen LogP contribution in [0.2, 0.25) is 0 Å². The molecule has 8 aromatic rings. The molecule has 0 saturated heterocycles. The predicted octanol–water partition coefficient (Wildman–Crippen LogP) is 8.08. The molecule has 0 aliphatic rings. The van der Waals surface area contributed by atoms with Crippen molar-refractivity contribution in [1.82, 2.24) is 23.9 Å². The number of rotatable bonds is 3. The molecule has 0 N–H and O–H groups in total. The van der Waals surface area contributed by atoms with Crippen molar-refractivity contribution >= 4 is 43.7 Å². The maximum absolute atomic E-state index is 5.36. The fourth-order valence-corrected chi connectivity index (χ4v) is 6.02. The van der Waals surface area contributed by atoms with Crippen LogP contribution in [0.1, 0.15) is 11.4 Å². The second-order valence-corrected chi connectivity index (χ2v) is 10.1. The standard InChI is InChI=1S/C34H25N5.Pt/c1-22-20-23(2)39(36-22)25-16-17-28-26-12-6-9-15-31(26)38(32(28)21-25)33-19-18-29-27-13-7-8-14-30(27)37(34(29)35-33)24-10-4-3-5-11-24;/h3-21H,1-2H3;/q;+2. The molecule has 0 unspecified atom stereocenters. The molecule has 0 radical (unpaired) electrons. The number of para-hydroxylation sites is 3. The third kappa shape index (κ3) is 3.58. The Morgan fingerprint density at radius 2 is 1.15 bits per heavy atom. The predicted molar refractivity (Wildman–Crippen MR) is 160 cm³/mol. The first kappa shape index (κ1) is 24.6. The van der Waals surface area contributed by atoms with Crippen LogP contribution in [0, 0.1) is 13.8 Å². The summed E-state index contributed by atoms with van der Waals surface area (Å²) in [5.74, 6) is 0.888. The molecule has 5 nitrogen and oxygen atoms in total. The molecular formula is C34H25N5Pt+2. The van der Waals surface area contributed by atoms with Crippen molar-refractivity contribution in [3.63, 3.8) is 0 Å². The summed E-state index contributed by atoms with van der Waals surface area (Å²) in [4.78, 5) is 5.36. The Hall–Kier alpha value is -4.47. The van der Waals surface area contributed by atoms with Gasteiger partial charge in [-0.1, -0.05) is 60.7 Å². The van der Waals surface area contributed by atoms with E-state index in [1.54, 1.807) is 0 Å². The maximum Gasteiger partial charge on any atom is 2.00 e. The van der Waals surface area contributed by atoms with Crippen molar-refractivity contribution in [2.24, 2.45) is 0 Å². The van der Waals surface area contributed by atoms with Crippen LogP contribution in [0.3, 0.4) is 0 Å². The van der Waals surface area contributed by atoms with Crippen molar-refractivity contribution in [2.75, 3.05) is 0 Å². The molecule has 40 heavy (non-hydrogen) atoms. The van der Waals surface area contributed by atoms with Gasteiger partial charge in [0.05, 0.1) is 27.9 Å². The Labute approximate surface area is 245 Å². The summed E-state index contributed by atoms with van der Waals surface area (Å²) in [5, 5.41) is 9.48. The summed E-state index contributed by atoms with van der Waals surface area (Å²) in [6.07, 6.45) is 0. The Balaban J connectivity index is 0.00000264. The van der Waals surface area contributed by atoms with E-state index < -0.39 is 0 Å². The second-order valence-electron chi connectivity index (χ2n) is 10.1. The van der Waals surface area contributed by atoms with E-state index in [0.29, 0.717) is 0 Å². The largest absolute Gasteiger partial charge is 2.00 e. The monoisotopic (exact) mass is 698 g/mol. The molecule has 0 atom stereocenters. The van der Waals surface area contributed by atoms with Crippen molar-refractivity contribution in [1.29, 1.82) is 0 Å². The van der Waals surface area contributed by atoms with Crippen LogP contribution in [-0.2, 0) is 21.1 Å². The zero-order valence-corrected chi connectivity index (χ0v) is 24.3. The minimum absolute atomic E-state index is 0. The number of aromatic nitrogens is 5. The number of fused-ring (bicyclic) bond motifs is 6. The number of hydrogen-bond acceptors (Lipinski definition) is 2. The van der Waals surface area contributed by atoms with E-state index in [2.05, 4.69) is 131 Å². The van der Waals surface area contributed by atoms with Crippen LogP contribution < -0.4 is 0 Å². The minimum atomic E-state index is 0. The first-order valence-electron chi connectivity index (χ1n) is 13.2. The van der Waals surface area contributed by atoms with Crippen molar-refractivity contribution in [2.45, 2.75) is 13.8 Å². The molecule has 4 aromatic heterocycles. The summed E-state index contributed by atoms with van der Waals surface area (Å²) in [7, 11) is 0. The average Bonchev–Trinajstić information content (AvgIpc) is 3.61. The van der Waals surface area contributed by atoms with E-state index in [9.17, 15) is 0 Å². The van der Waals surface area contributed by atoms with Crippen molar-refractivity contribution in [3.05, 3.63) is 127 Å². The van der Waals surface area contributed by atoms with Gasteiger partial charge in [-0.2, -0.15) is 5.10 Å². The fraction of sp³-hybridized carbons (Fsp3) is 0.0588. The topological polar surface area (TPSA) is 40.6 Å². The van der Waals surface area contributed by atoms with Gasteiger partial charge in [0.2, 0.25) is 0 Å². The number of pyridine rings is 1. The summed E-state index contributed by atoms with van der Waals surface area (Å²) >= 11 is 0. The molecule has 6 heteroatoms. The van der Waals surface area contributed by atoms with Crippen LogP contribution in [0.25, 0.3) is 60.9 Å². The van der Waals surface area contributed by atoms with Crippen LogP contribution >= 0.6 is 0 Å². The van der Waals surface area contributed by atoms with Gasteiger partial charge >= 0.3 is 21.1 Å². The van der Waals surface area contributed by atoms with Gasteiger partial charge in [-0.15, -0.1) is 0 Å². The van der Waals surface area contributed by atoms with Gasteiger partial charge in [0, 0.05) is 32.9 Å². The molecular weight excluding hydrogens is 673 g/mol. The Morgan fingerprint density at radius 3 is 1.88 bits per heavy atom. The van der Waals surface area contributed by atoms with Gasteiger partial charge in [-0.3, -0.25) is 9.13 Å². The molecule has 0 saturated carbocycles. The Kier molecular flexibility index (Phi) is 5.72. The summed E-state index contributed by atoms with van der Waals surface area (Å²) < 4.78 is 6.57.